The number of amides is 1. The van der Waals surface area contributed by atoms with Gasteiger partial charge in [-0.2, -0.15) is 4.31 Å². The summed E-state index contributed by atoms with van der Waals surface area (Å²) < 4.78 is 30.0. The first-order chi connectivity index (χ1) is 9.81. The van der Waals surface area contributed by atoms with Crippen molar-refractivity contribution in [2.75, 3.05) is 26.0 Å². The fraction of sp³-hybridized carbons (Fsp3) is 0.538. The molecule has 1 fully saturated rings. The number of ether oxygens (including phenoxy) is 1. The Balaban J connectivity index is 2.00. The summed E-state index contributed by atoms with van der Waals surface area (Å²) in [6, 6.07) is 3.60. The zero-order valence-corrected chi connectivity index (χ0v) is 12.9. The lowest BCUT2D eigenvalue weighted by Gasteiger charge is -2.37. The molecule has 8 heteroatoms. The van der Waals surface area contributed by atoms with Crippen molar-refractivity contribution in [3.63, 3.8) is 0 Å². The first kappa shape index (κ1) is 15.9. The van der Waals surface area contributed by atoms with E-state index in [0.717, 1.165) is 11.8 Å². The van der Waals surface area contributed by atoms with Gasteiger partial charge in [0.2, 0.25) is 10.0 Å². The van der Waals surface area contributed by atoms with E-state index in [1.54, 1.807) is 31.5 Å². The third-order valence-corrected chi connectivity index (χ3v) is 4.64. The predicted octanol–water partition coefficient (Wildman–Crippen LogP) is -0.252. The summed E-state index contributed by atoms with van der Waals surface area (Å²) in [4.78, 5) is 16.2. The molecule has 1 atom stereocenters. The van der Waals surface area contributed by atoms with Crippen LogP contribution in [-0.2, 0) is 26.1 Å². The molecule has 1 amide bonds. The molecule has 0 spiro atoms. The van der Waals surface area contributed by atoms with Crippen LogP contribution in [0.25, 0.3) is 0 Å². The van der Waals surface area contributed by atoms with Crippen LogP contribution in [0, 0.1) is 0 Å². The molecule has 0 aliphatic carbocycles. The van der Waals surface area contributed by atoms with Gasteiger partial charge in [-0.25, -0.2) is 8.42 Å². The summed E-state index contributed by atoms with van der Waals surface area (Å²) in [5.74, 6) is -0.326. The fourth-order valence-corrected chi connectivity index (χ4v) is 3.01. The van der Waals surface area contributed by atoms with Crippen LogP contribution >= 0.6 is 0 Å². The summed E-state index contributed by atoms with van der Waals surface area (Å²) in [6.45, 7) is 2.44. The van der Waals surface area contributed by atoms with Crippen molar-refractivity contribution >= 4 is 15.9 Å². The Morgan fingerprint density at radius 1 is 1.48 bits per heavy atom. The maximum absolute atomic E-state index is 12.3. The zero-order valence-electron chi connectivity index (χ0n) is 12.1. The maximum Gasteiger partial charge on any atom is 0.253 e. The Kier molecular flexibility index (Phi) is 4.60. The van der Waals surface area contributed by atoms with Gasteiger partial charge in [-0.3, -0.25) is 9.78 Å². The second-order valence-electron chi connectivity index (χ2n) is 5.21. The van der Waals surface area contributed by atoms with Crippen LogP contribution in [0.4, 0.5) is 0 Å². The van der Waals surface area contributed by atoms with E-state index in [2.05, 4.69) is 10.3 Å². The molecule has 116 valence electrons. The Morgan fingerprint density at radius 3 is 2.76 bits per heavy atom. The van der Waals surface area contributed by atoms with Crippen molar-refractivity contribution in [2.45, 2.75) is 19.1 Å². The van der Waals surface area contributed by atoms with Gasteiger partial charge in [0.05, 0.1) is 19.4 Å². The first-order valence-corrected chi connectivity index (χ1v) is 8.42. The number of carbonyl (C=O) groups is 1. The van der Waals surface area contributed by atoms with Crippen LogP contribution in [0.3, 0.4) is 0 Å². The van der Waals surface area contributed by atoms with Gasteiger partial charge >= 0.3 is 0 Å². The molecule has 1 aromatic heterocycles. The Morgan fingerprint density at radius 2 is 2.14 bits per heavy atom. The van der Waals surface area contributed by atoms with Crippen LogP contribution in [0.1, 0.15) is 12.5 Å². The number of aromatic nitrogens is 1. The molecule has 0 radical (unpaired) electrons. The number of carbonyl (C=O) groups excluding carboxylic acids is 1. The van der Waals surface area contributed by atoms with E-state index >= 15 is 0 Å². The fourth-order valence-electron chi connectivity index (χ4n) is 2.12. The van der Waals surface area contributed by atoms with Gasteiger partial charge in [-0.05, 0) is 24.6 Å². The molecule has 1 unspecified atom stereocenters. The molecule has 1 aliphatic heterocycles. The van der Waals surface area contributed by atoms with Crippen LogP contribution in [0.15, 0.2) is 24.5 Å². The largest absolute Gasteiger partial charge is 0.363 e. The average molecular weight is 313 g/mol. The van der Waals surface area contributed by atoms with Crippen LogP contribution in [0.2, 0.25) is 0 Å². The highest BCUT2D eigenvalue weighted by Crippen LogP contribution is 2.20. The molecule has 0 aromatic carbocycles. The molecule has 0 saturated carbocycles. The first-order valence-electron chi connectivity index (χ1n) is 6.57. The Hall–Kier alpha value is -1.51. The second-order valence-corrected chi connectivity index (χ2v) is 7.20. The molecular formula is C13H19N3O4S. The smallest absolute Gasteiger partial charge is 0.253 e. The van der Waals surface area contributed by atoms with E-state index in [9.17, 15) is 13.2 Å². The molecule has 2 heterocycles. The van der Waals surface area contributed by atoms with Gasteiger partial charge in [-0.15, -0.1) is 0 Å². The number of hydrogen-bond donors (Lipinski definition) is 1. The van der Waals surface area contributed by atoms with E-state index in [1.807, 2.05) is 0 Å². The van der Waals surface area contributed by atoms with Crippen molar-refractivity contribution in [3.05, 3.63) is 30.1 Å². The highest BCUT2D eigenvalue weighted by atomic mass is 32.2. The normalized spacial score (nSPS) is 23.7. The Bertz CT molecular complexity index is 605. The van der Waals surface area contributed by atoms with Gasteiger partial charge in [0.25, 0.3) is 5.91 Å². The molecule has 1 saturated heterocycles. The molecule has 1 aliphatic rings. The third kappa shape index (κ3) is 3.99. The lowest BCUT2D eigenvalue weighted by molar-refractivity contribution is -0.152. The van der Waals surface area contributed by atoms with Gasteiger partial charge in [0.15, 0.2) is 5.60 Å². The quantitative estimate of drug-likeness (QED) is 0.828. The molecule has 1 aromatic rings. The minimum Gasteiger partial charge on any atom is -0.363 e. The number of nitrogens with one attached hydrogen (secondary N) is 1. The molecule has 21 heavy (non-hydrogen) atoms. The van der Waals surface area contributed by atoms with E-state index < -0.39 is 15.6 Å². The van der Waals surface area contributed by atoms with Crippen molar-refractivity contribution in [1.29, 1.82) is 0 Å². The summed E-state index contributed by atoms with van der Waals surface area (Å²) in [6.07, 6.45) is 4.42. The number of morpholine rings is 1. The van der Waals surface area contributed by atoms with Crippen molar-refractivity contribution in [3.8, 4) is 0 Å². The average Bonchev–Trinajstić information content (AvgIpc) is 2.45. The zero-order chi connectivity index (χ0) is 15.5. The van der Waals surface area contributed by atoms with E-state index in [1.165, 1.54) is 4.31 Å². The molecule has 7 nitrogen and oxygen atoms in total. The van der Waals surface area contributed by atoms with E-state index in [0.29, 0.717) is 6.54 Å². The van der Waals surface area contributed by atoms with Crippen LogP contribution in [0.5, 0.6) is 0 Å². The number of pyridine rings is 1. The summed E-state index contributed by atoms with van der Waals surface area (Å²) in [5.41, 5.74) is -0.258. The maximum atomic E-state index is 12.3. The lowest BCUT2D eigenvalue weighted by atomic mass is 10.0. The highest BCUT2D eigenvalue weighted by molar-refractivity contribution is 7.88. The van der Waals surface area contributed by atoms with Gasteiger partial charge < -0.3 is 10.1 Å². The molecule has 1 N–H and O–H groups in total. The summed E-state index contributed by atoms with van der Waals surface area (Å²) in [5, 5.41) is 2.77. The van der Waals surface area contributed by atoms with E-state index in [4.69, 9.17) is 4.74 Å². The third-order valence-electron chi connectivity index (χ3n) is 3.39. The van der Waals surface area contributed by atoms with Crippen LogP contribution < -0.4 is 5.32 Å². The van der Waals surface area contributed by atoms with Crippen molar-refractivity contribution < 1.29 is 17.9 Å². The highest BCUT2D eigenvalue weighted by Gasteiger charge is 2.41. The van der Waals surface area contributed by atoms with Crippen molar-refractivity contribution in [1.82, 2.24) is 14.6 Å². The molecular weight excluding hydrogens is 294 g/mol. The molecule has 2 rings (SSSR count). The minimum atomic E-state index is -3.33. The standard InChI is InChI=1S/C13H19N3O4S/c1-13(10-16(7-8-20-13)21(2,18)19)12(17)15-9-11-3-5-14-6-4-11/h3-6H,7-10H2,1-2H3,(H,15,17). The SMILES string of the molecule is CC1(C(=O)NCc2ccncc2)CN(S(C)(=O)=O)CCO1. The number of rotatable bonds is 4. The van der Waals surface area contributed by atoms with Gasteiger partial charge in [0, 0.05) is 25.5 Å². The van der Waals surface area contributed by atoms with Crippen molar-refractivity contribution in [2.24, 2.45) is 0 Å². The number of hydrogen-bond acceptors (Lipinski definition) is 5. The second kappa shape index (κ2) is 6.08. The van der Waals surface area contributed by atoms with Gasteiger partial charge in [-0.1, -0.05) is 0 Å². The Labute approximate surface area is 124 Å². The number of sulfonamides is 1. The molecule has 0 bridgehead atoms. The van der Waals surface area contributed by atoms with Gasteiger partial charge in [0.1, 0.15) is 0 Å². The topological polar surface area (TPSA) is 88.6 Å². The van der Waals surface area contributed by atoms with Crippen LogP contribution in [-0.4, -0.2) is 55.2 Å². The predicted molar refractivity (Wildman–Crippen MR) is 76.9 cm³/mol. The van der Waals surface area contributed by atoms with E-state index in [-0.39, 0.29) is 25.6 Å². The summed E-state index contributed by atoms with van der Waals surface area (Å²) >= 11 is 0. The summed E-state index contributed by atoms with van der Waals surface area (Å²) in [7, 11) is -3.33. The minimum absolute atomic E-state index is 0.0218. The monoisotopic (exact) mass is 313 g/mol. The number of nitrogens with zero attached hydrogens (tertiary/aromatic N) is 2. The lowest BCUT2D eigenvalue weighted by Crippen LogP contribution is -2.59.